The van der Waals surface area contributed by atoms with Gasteiger partial charge in [-0.25, -0.2) is 0 Å². The van der Waals surface area contributed by atoms with Crippen molar-refractivity contribution in [2.45, 2.75) is 38.1 Å². The molecule has 0 aromatic carbocycles. The van der Waals surface area contributed by atoms with E-state index in [0.717, 1.165) is 22.3 Å². The van der Waals surface area contributed by atoms with Crippen LogP contribution in [0.25, 0.3) is 0 Å². The van der Waals surface area contributed by atoms with Gasteiger partial charge in [-0.15, -0.1) is 11.3 Å². The van der Waals surface area contributed by atoms with E-state index in [-0.39, 0.29) is 6.04 Å². The second-order valence-corrected chi connectivity index (χ2v) is 6.05. The Labute approximate surface area is 109 Å². The van der Waals surface area contributed by atoms with Crippen LogP contribution in [0.2, 0.25) is 0 Å². The summed E-state index contributed by atoms with van der Waals surface area (Å²) in [6, 6.07) is 2.09. The number of rotatable bonds is 3. The van der Waals surface area contributed by atoms with Crippen molar-refractivity contribution >= 4 is 33.0 Å². The normalized spacial score (nSPS) is 21.7. The predicted octanol–water partition coefficient (Wildman–Crippen LogP) is 3.15. The minimum absolute atomic E-state index is 0.0801. The number of ketones is 1. The van der Waals surface area contributed by atoms with Crippen LogP contribution in [0.1, 0.15) is 30.6 Å². The standard InChI is InChI=1S/C12H16BrNOS/c13-9-5-7-16-12(9)8-11(15)10-4-2-1-3-6-14-10/h5,7,10,14H,1-4,6,8H2. The van der Waals surface area contributed by atoms with Crippen molar-refractivity contribution in [3.05, 3.63) is 20.8 Å². The van der Waals surface area contributed by atoms with Gasteiger partial charge in [-0.05, 0) is 46.8 Å². The molecule has 0 bridgehead atoms. The summed E-state index contributed by atoms with van der Waals surface area (Å²) in [7, 11) is 0. The van der Waals surface area contributed by atoms with Crippen molar-refractivity contribution in [1.29, 1.82) is 0 Å². The number of carbonyl (C=O) groups excluding carboxylic acids is 1. The topological polar surface area (TPSA) is 29.1 Å². The van der Waals surface area contributed by atoms with Gasteiger partial charge in [-0.2, -0.15) is 0 Å². The molecule has 1 N–H and O–H groups in total. The summed E-state index contributed by atoms with van der Waals surface area (Å²) in [5, 5.41) is 5.37. The fraction of sp³-hybridized carbons (Fsp3) is 0.583. The molecular weight excluding hydrogens is 286 g/mol. The molecule has 1 atom stereocenters. The minimum atomic E-state index is 0.0801. The van der Waals surface area contributed by atoms with E-state index in [1.807, 2.05) is 11.4 Å². The number of hydrogen-bond donors (Lipinski definition) is 1. The van der Waals surface area contributed by atoms with E-state index >= 15 is 0 Å². The number of nitrogens with one attached hydrogen (secondary N) is 1. The van der Waals surface area contributed by atoms with Gasteiger partial charge in [0.05, 0.1) is 6.04 Å². The molecule has 2 rings (SSSR count). The lowest BCUT2D eigenvalue weighted by Crippen LogP contribution is -2.36. The van der Waals surface area contributed by atoms with Crippen molar-refractivity contribution in [3.63, 3.8) is 0 Å². The maximum absolute atomic E-state index is 12.1. The first kappa shape index (κ1) is 12.3. The van der Waals surface area contributed by atoms with Crippen molar-refractivity contribution in [2.24, 2.45) is 0 Å². The van der Waals surface area contributed by atoms with Crippen molar-refractivity contribution in [1.82, 2.24) is 5.32 Å². The van der Waals surface area contributed by atoms with Crippen LogP contribution in [0.5, 0.6) is 0 Å². The molecule has 1 saturated heterocycles. The first-order valence-electron chi connectivity index (χ1n) is 5.75. The van der Waals surface area contributed by atoms with Crippen molar-refractivity contribution in [2.75, 3.05) is 6.54 Å². The summed E-state index contributed by atoms with van der Waals surface area (Å²) >= 11 is 5.12. The second-order valence-electron chi connectivity index (χ2n) is 4.19. The molecule has 2 nitrogen and oxygen atoms in total. The molecule has 1 aromatic rings. The van der Waals surface area contributed by atoms with Crippen LogP contribution in [0.4, 0.5) is 0 Å². The second kappa shape index (κ2) is 5.94. The first-order valence-corrected chi connectivity index (χ1v) is 7.42. The maximum atomic E-state index is 12.1. The van der Waals surface area contributed by atoms with E-state index < -0.39 is 0 Å². The Bertz CT molecular complexity index is 356. The molecule has 1 unspecified atom stereocenters. The van der Waals surface area contributed by atoms with Gasteiger partial charge in [0.15, 0.2) is 5.78 Å². The lowest BCUT2D eigenvalue weighted by atomic mass is 10.0. The highest BCUT2D eigenvalue weighted by Crippen LogP contribution is 2.24. The third-order valence-corrected chi connectivity index (χ3v) is 4.90. The van der Waals surface area contributed by atoms with Gasteiger partial charge in [0.1, 0.15) is 0 Å². The van der Waals surface area contributed by atoms with E-state index in [0.29, 0.717) is 12.2 Å². The van der Waals surface area contributed by atoms with Crippen LogP contribution in [0.15, 0.2) is 15.9 Å². The smallest absolute Gasteiger partial charge is 0.154 e. The van der Waals surface area contributed by atoms with Gasteiger partial charge in [0.25, 0.3) is 0 Å². The largest absolute Gasteiger partial charge is 0.307 e. The molecule has 16 heavy (non-hydrogen) atoms. The molecule has 88 valence electrons. The Morgan fingerprint density at radius 2 is 2.38 bits per heavy atom. The zero-order valence-corrected chi connectivity index (χ0v) is 11.6. The monoisotopic (exact) mass is 301 g/mol. The van der Waals surface area contributed by atoms with E-state index in [4.69, 9.17) is 0 Å². The summed E-state index contributed by atoms with van der Waals surface area (Å²) in [4.78, 5) is 13.2. The van der Waals surface area contributed by atoms with Gasteiger partial charge in [0, 0.05) is 15.8 Å². The summed E-state index contributed by atoms with van der Waals surface area (Å²) in [5.41, 5.74) is 0. The van der Waals surface area contributed by atoms with Crippen LogP contribution in [-0.2, 0) is 11.2 Å². The third kappa shape index (κ3) is 3.15. The van der Waals surface area contributed by atoms with Crippen molar-refractivity contribution in [3.8, 4) is 0 Å². The van der Waals surface area contributed by atoms with E-state index in [9.17, 15) is 4.79 Å². The van der Waals surface area contributed by atoms with Crippen molar-refractivity contribution < 1.29 is 4.79 Å². The van der Waals surface area contributed by atoms with Gasteiger partial charge < -0.3 is 5.32 Å². The predicted molar refractivity (Wildman–Crippen MR) is 71.0 cm³/mol. The number of halogens is 1. The van der Waals surface area contributed by atoms with Gasteiger partial charge in [-0.3, -0.25) is 4.79 Å². The number of thiophene rings is 1. The fourth-order valence-corrected chi connectivity index (χ4v) is 3.54. The first-order chi connectivity index (χ1) is 7.77. The number of carbonyl (C=O) groups is 1. The molecule has 1 fully saturated rings. The molecule has 2 heterocycles. The Kier molecular flexibility index (Phi) is 4.55. The van der Waals surface area contributed by atoms with Crippen LogP contribution in [0, 0.1) is 0 Å². The van der Waals surface area contributed by atoms with Gasteiger partial charge in [0.2, 0.25) is 0 Å². The molecule has 0 radical (unpaired) electrons. The highest BCUT2D eigenvalue weighted by molar-refractivity contribution is 9.10. The van der Waals surface area contributed by atoms with E-state index in [2.05, 4.69) is 21.2 Å². The minimum Gasteiger partial charge on any atom is -0.307 e. The Balaban J connectivity index is 1.94. The molecule has 1 aromatic heterocycles. The third-order valence-electron chi connectivity index (χ3n) is 2.97. The molecule has 4 heteroatoms. The molecule has 0 aliphatic carbocycles. The lowest BCUT2D eigenvalue weighted by molar-refractivity contribution is -0.120. The number of Topliss-reactive ketones (excluding diaryl/α,β-unsaturated/α-hetero) is 1. The highest BCUT2D eigenvalue weighted by atomic mass is 79.9. The molecule has 1 aliphatic heterocycles. The van der Waals surface area contributed by atoms with Crippen LogP contribution < -0.4 is 5.32 Å². The number of hydrogen-bond acceptors (Lipinski definition) is 3. The summed E-state index contributed by atoms with van der Waals surface area (Å²) in [6.45, 7) is 0.988. The fourth-order valence-electron chi connectivity index (χ4n) is 2.04. The lowest BCUT2D eigenvalue weighted by Gasteiger charge is -2.13. The summed E-state index contributed by atoms with van der Waals surface area (Å²) < 4.78 is 1.07. The Morgan fingerprint density at radius 1 is 1.50 bits per heavy atom. The zero-order chi connectivity index (χ0) is 11.4. The molecule has 0 saturated carbocycles. The quantitative estimate of drug-likeness (QED) is 0.929. The van der Waals surface area contributed by atoms with Gasteiger partial charge >= 0.3 is 0 Å². The van der Waals surface area contributed by atoms with Gasteiger partial charge in [-0.1, -0.05) is 12.8 Å². The average molecular weight is 302 g/mol. The average Bonchev–Trinajstić information content (AvgIpc) is 2.57. The molecule has 0 spiro atoms. The molecule has 0 amide bonds. The van der Waals surface area contributed by atoms with Crippen LogP contribution in [0.3, 0.4) is 0 Å². The molecule has 1 aliphatic rings. The van der Waals surface area contributed by atoms with E-state index in [1.165, 1.54) is 19.3 Å². The summed E-state index contributed by atoms with van der Waals surface area (Å²) in [6.07, 6.45) is 5.19. The van der Waals surface area contributed by atoms with Crippen LogP contribution in [-0.4, -0.2) is 18.4 Å². The maximum Gasteiger partial charge on any atom is 0.154 e. The SMILES string of the molecule is O=C(Cc1sccc1Br)C1CCCCCN1. The summed E-state index contributed by atoms with van der Waals surface area (Å²) in [5.74, 6) is 0.338. The van der Waals surface area contributed by atoms with Crippen LogP contribution >= 0.6 is 27.3 Å². The Morgan fingerprint density at radius 3 is 3.12 bits per heavy atom. The van der Waals surface area contributed by atoms with E-state index in [1.54, 1.807) is 11.3 Å². The zero-order valence-electron chi connectivity index (χ0n) is 9.17. The highest BCUT2D eigenvalue weighted by Gasteiger charge is 2.20. The Hall–Kier alpha value is -0.190. The molecular formula is C12H16BrNOS.